The Morgan fingerprint density at radius 2 is 1.33 bits per heavy atom. The van der Waals surface area contributed by atoms with Crippen molar-refractivity contribution in [2.45, 2.75) is 65.2 Å². The summed E-state index contributed by atoms with van der Waals surface area (Å²) in [7, 11) is 0. The van der Waals surface area contributed by atoms with Crippen molar-refractivity contribution in [3.05, 3.63) is 36.5 Å². The maximum Gasteiger partial charge on any atom is 0.300 e. The number of rotatable bonds is 11. The van der Waals surface area contributed by atoms with Gasteiger partial charge in [0.2, 0.25) is 0 Å². The van der Waals surface area contributed by atoms with Gasteiger partial charge in [-0.25, -0.2) is 0 Å². The number of carbonyl (C=O) groups excluding carboxylic acids is 1. The molecule has 21 heavy (non-hydrogen) atoms. The monoisotopic (exact) mass is 294 g/mol. The number of hydrogen-bond acceptors (Lipinski definition) is 2. The maximum absolute atomic E-state index is 10.1. The molecule has 3 nitrogen and oxygen atoms in total. The summed E-state index contributed by atoms with van der Waals surface area (Å²) in [6, 6.07) is 0. The lowest BCUT2D eigenvalue weighted by Crippen LogP contribution is -1.80. The fourth-order valence-corrected chi connectivity index (χ4v) is 1.61. The molecule has 0 radical (unpaired) electrons. The largest absolute Gasteiger partial charge is 0.481 e. The Bertz CT molecular complexity index is 310. The Labute approximate surface area is 129 Å². The van der Waals surface area contributed by atoms with Crippen LogP contribution in [0.25, 0.3) is 0 Å². The average molecular weight is 294 g/mol. The molecule has 0 saturated carbocycles. The predicted molar refractivity (Wildman–Crippen MR) is 89.4 cm³/mol. The first-order valence-electron chi connectivity index (χ1n) is 7.72. The van der Waals surface area contributed by atoms with E-state index >= 15 is 0 Å². The van der Waals surface area contributed by atoms with E-state index in [1.54, 1.807) is 0 Å². The van der Waals surface area contributed by atoms with Crippen molar-refractivity contribution in [2.24, 2.45) is 0 Å². The van der Waals surface area contributed by atoms with Crippen LogP contribution in [0.4, 0.5) is 0 Å². The van der Waals surface area contributed by atoms with E-state index in [9.17, 15) is 4.79 Å². The summed E-state index contributed by atoms with van der Waals surface area (Å²) in [5.74, 6) is -0.833. The Balaban J connectivity index is 0. The molecule has 0 aliphatic heterocycles. The van der Waals surface area contributed by atoms with Gasteiger partial charge in [0, 0.05) is 13.3 Å². The van der Waals surface area contributed by atoms with Crippen LogP contribution < -0.4 is 0 Å². The molecule has 0 aromatic rings. The number of allylic oxidation sites excluding steroid dienone is 6. The summed E-state index contributed by atoms with van der Waals surface area (Å²) >= 11 is 0. The number of carboxylic acids is 1. The number of carboxylic acid groups (broad SMARTS) is 1. The van der Waals surface area contributed by atoms with E-state index in [1.165, 1.54) is 38.5 Å². The van der Waals surface area contributed by atoms with Crippen molar-refractivity contribution in [2.75, 3.05) is 0 Å². The van der Waals surface area contributed by atoms with E-state index in [4.69, 9.17) is 9.90 Å². The van der Waals surface area contributed by atoms with Crippen LogP contribution in [-0.2, 0) is 9.59 Å². The summed E-state index contributed by atoms with van der Waals surface area (Å²) in [6.07, 6.45) is 22.9. The zero-order chi connectivity index (χ0) is 16.2. The van der Waals surface area contributed by atoms with Crippen molar-refractivity contribution >= 4 is 12.3 Å². The molecule has 0 fully saturated rings. The Morgan fingerprint density at radius 3 is 1.86 bits per heavy atom. The second-order valence-corrected chi connectivity index (χ2v) is 4.72. The molecule has 1 N–H and O–H groups in total. The smallest absolute Gasteiger partial charge is 0.300 e. The van der Waals surface area contributed by atoms with Gasteiger partial charge in [0.15, 0.2) is 0 Å². The molecular formula is C18H30O3. The van der Waals surface area contributed by atoms with Crippen LogP contribution in [0.3, 0.4) is 0 Å². The van der Waals surface area contributed by atoms with Crippen LogP contribution in [0.15, 0.2) is 36.5 Å². The quantitative estimate of drug-likeness (QED) is 0.328. The summed E-state index contributed by atoms with van der Waals surface area (Å²) in [5, 5.41) is 7.42. The highest BCUT2D eigenvalue weighted by Crippen LogP contribution is 2.08. The van der Waals surface area contributed by atoms with E-state index in [2.05, 4.69) is 18.2 Å². The third-order valence-corrected chi connectivity index (χ3v) is 2.60. The topological polar surface area (TPSA) is 54.4 Å². The van der Waals surface area contributed by atoms with Crippen LogP contribution in [-0.4, -0.2) is 17.4 Å². The van der Waals surface area contributed by atoms with Crippen LogP contribution in [0.1, 0.15) is 65.2 Å². The Kier molecular flexibility index (Phi) is 21.3. The minimum absolute atomic E-state index is 0.737. The predicted octanol–water partition coefficient (Wildman–Crippen LogP) is 5.09. The van der Waals surface area contributed by atoms with Gasteiger partial charge in [-0.15, -0.1) is 0 Å². The zero-order valence-corrected chi connectivity index (χ0v) is 13.5. The molecule has 0 rings (SSSR count). The molecule has 0 bridgehead atoms. The maximum atomic E-state index is 10.1. The molecule has 0 unspecified atom stereocenters. The fourth-order valence-electron chi connectivity index (χ4n) is 1.61. The standard InChI is InChI=1S/C16H26O.C2H4O2/c1-2-3-4-5-6-7-8-9-10-11-12-13-14-15-16-17;1-2(3)4/h2-7,16H,8-15H2,1H3;1H3,(H,3,4)/b3-2+,5-4+,7-6+;. The molecule has 0 heterocycles. The molecule has 0 aliphatic rings. The molecule has 0 aromatic carbocycles. The minimum Gasteiger partial charge on any atom is -0.481 e. The van der Waals surface area contributed by atoms with Crippen molar-refractivity contribution in [3.8, 4) is 0 Å². The number of hydrogen-bond donors (Lipinski definition) is 1. The lowest BCUT2D eigenvalue weighted by atomic mass is 10.1. The second-order valence-electron chi connectivity index (χ2n) is 4.72. The van der Waals surface area contributed by atoms with Gasteiger partial charge in [-0.1, -0.05) is 62.1 Å². The van der Waals surface area contributed by atoms with Gasteiger partial charge in [0.05, 0.1) is 0 Å². The van der Waals surface area contributed by atoms with Gasteiger partial charge in [-0.2, -0.15) is 0 Å². The third-order valence-electron chi connectivity index (χ3n) is 2.60. The van der Waals surface area contributed by atoms with Gasteiger partial charge in [0.25, 0.3) is 5.97 Å². The van der Waals surface area contributed by atoms with Crippen LogP contribution in [0.5, 0.6) is 0 Å². The van der Waals surface area contributed by atoms with Crippen molar-refractivity contribution in [3.63, 3.8) is 0 Å². The molecule has 120 valence electrons. The average Bonchev–Trinajstić information content (AvgIpc) is 2.43. The fraction of sp³-hybridized carbons (Fsp3) is 0.556. The normalized spacial score (nSPS) is 11.0. The van der Waals surface area contributed by atoms with Crippen LogP contribution in [0.2, 0.25) is 0 Å². The van der Waals surface area contributed by atoms with Gasteiger partial charge in [0.1, 0.15) is 6.29 Å². The molecule has 0 aromatic heterocycles. The van der Waals surface area contributed by atoms with Gasteiger partial charge in [-0.3, -0.25) is 4.79 Å². The molecule has 0 aliphatic carbocycles. The first-order valence-corrected chi connectivity index (χ1v) is 7.72. The van der Waals surface area contributed by atoms with Crippen LogP contribution >= 0.6 is 0 Å². The number of carbonyl (C=O) groups is 2. The summed E-state index contributed by atoms with van der Waals surface area (Å²) in [4.78, 5) is 19.1. The molecule has 0 amide bonds. The van der Waals surface area contributed by atoms with Gasteiger partial charge >= 0.3 is 0 Å². The zero-order valence-electron chi connectivity index (χ0n) is 13.5. The lowest BCUT2D eigenvalue weighted by Gasteiger charge is -1.98. The van der Waals surface area contributed by atoms with Crippen molar-refractivity contribution in [1.82, 2.24) is 0 Å². The number of unbranched alkanes of at least 4 members (excludes halogenated alkanes) is 7. The summed E-state index contributed by atoms with van der Waals surface area (Å²) in [5.41, 5.74) is 0. The first kappa shape index (κ1) is 21.7. The highest BCUT2D eigenvalue weighted by atomic mass is 16.4. The van der Waals surface area contributed by atoms with Crippen LogP contribution in [0, 0.1) is 0 Å². The SMILES string of the molecule is C/C=C/C=C/C=C/CCCCCCCCC=O.CC(=O)O. The summed E-state index contributed by atoms with van der Waals surface area (Å²) < 4.78 is 0. The lowest BCUT2D eigenvalue weighted by molar-refractivity contribution is -0.134. The third kappa shape index (κ3) is 32.2. The van der Waals surface area contributed by atoms with E-state index in [0.717, 1.165) is 26.1 Å². The van der Waals surface area contributed by atoms with Crippen molar-refractivity contribution < 1.29 is 14.7 Å². The Morgan fingerprint density at radius 1 is 0.857 bits per heavy atom. The van der Waals surface area contributed by atoms with Crippen molar-refractivity contribution in [1.29, 1.82) is 0 Å². The highest BCUT2D eigenvalue weighted by Gasteiger charge is 1.89. The summed E-state index contributed by atoms with van der Waals surface area (Å²) in [6.45, 7) is 3.10. The Hall–Kier alpha value is -1.64. The van der Waals surface area contributed by atoms with Gasteiger partial charge < -0.3 is 9.90 Å². The van der Waals surface area contributed by atoms with E-state index in [1.807, 2.05) is 25.2 Å². The van der Waals surface area contributed by atoms with Gasteiger partial charge in [-0.05, 0) is 26.2 Å². The second kappa shape index (κ2) is 20.7. The molecule has 0 spiro atoms. The number of aliphatic carboxylic acids is 1. The molecule has 0 saturated heterocycles. The highest BCUT2D eigenvalue weighted by molar-refractivity contribution is 5.62. The minimum atomic E-state index is -0.833. The van der Waals surface area contributed by atoms with E-state index in [-0.39, 0.29) is 0 Å². The molecular weight excluding hydrogens is 264 g/mol. The number of aldehydes is 1. The van der Waals surface area contributed by atoms with E-state index < -0.39 is 5.97 Å². The molecule has 0 atom stereocenters. The van der Waals surface area contributed by atoms with E-state index in [0.29, 0.717) is 0 Å². The molecule has 3 heteroatoms. The first-order chi connectivity index (χ1) is 10.1.